The number of hydrogen-bond acceptors (Lipinski definition) is 3. The van der Waals surface area contributed by atoms with Crippen LogP contribution in [-0.4, -0.2) is 30.1 Å². The number of piperazine rings is 1. The van der Waals surface area contributed by atoms with E-state index >= 15 is 0 Å². The van der Waals surface area contributed by atoms with E-state index in [1.54, 1.807) is 0 Å². The van der Waals surface area contributed by atoms with Gasteiger partial charge >= 0.3 is 0 Å². The van der Waals surface area contributed by atoms with Gasteiger partial charge in [-0.1, -0.05) is 13.8 Å². The lowest BCUT2D eigenvalue weighted by molar-refractivity contribution is 0.118. The Kier molecular flexibility index (Phi) is 5.03. The average Bonchev–Trinajstić information content (AvgIpc) is 2.75. The average molecular weight is 317 g/mol. The summed E-state index contributed by atoms with van der Waals surface area (Å²) in [5.41, 5.74) is 0. The maximum Gasteiger partial charge on any atom is 0.0343 e. The maximum absolute atomic E-state index is 3.64. The van der Waals surface area contributed by atoms with Crippen molar-refractivity contribution in [3.05, 3.63) is 20.8 Å². The Bertz CT molecular complexity index is 353. The number of nitrogens with zero attached hydrogens (tertiary/aromatic N) is 1. The van der Waals surface area contributed by atoms with Crippen molar-refractivity contribution in [2.75, 3.05) is 13.1 Å². The van der Waals surface area contributed by atoms with Gasteiger partial charge in [0.25, 0.3) is 0 Å². The molecule has 0 aliphatic carbocycles. The van der Waals surface area contributed by atoms with E-state index in [2.05, 4.69) is 51.4 Å². The van der Waals surface area contributed by atoms with Crippen LogP contribution in [0.3, 0.4) is 0 Å². The number of halogens is 1. The van der Waals surface area contributed by atoms with Gasteiger partial charge in [-0.05, 0) is 40.2 Å². The molecule has 2 nitrogen and oxygen atoms in total. The van der Waals surface area contributed by atoms with E-state index in [4.69, 9.17) is 0 Å². The van der Waals surface area contributed by atoms with Crippen molar-refractivity contribution in [3.8, 4) is 0 Å². The Hall–Kier alpha value is 0.1000. The molecule has 0 spiro atoms. The van der Waals surface area contributed by atoms with Crippen molar-refractivity contribution >= 4 is 27.3 Å². The molecule has 0 bridgehead atoms. The lowest BCUT2D eigenvalue weighted by atomic mass is 10.1. The van der Waals surface area contributed by atoms with Gasteiger partial charge in [0.2, 0.25) is 0 Å². The van der Waals surface area contributed by atoms with Crippen molar-refractivity contribution < 1.29 is 0 Å². The van der Waals surface area contributed by atoms with Gasteiger partial charge in [0.1, 0.15) is 0 Å². The summed E-state index contributed by atoms with van der Waals surface area (Å²) in [6, 6.07) is 3.50. The molecule has 2 heterocycles. The van der Waals surface area contributed by atoms with Crippen LogP contribution in [-0.2, 0) is 6.54 Å². The standard InChI is InChI=1S/C13H21BrN2S/c1-3-10-8-16(11(4-2)7-15-10)9-13-12(14)5-6-17-13/h5-6,10-11,15H,3-4,7-9H2,1-2H3. The first-order valence-electron chi connectivity index (χ1n) is 6.43. The van der Waals surface area contributed by atoms with E-state index < -0.39 is 0 Å². The largest absolute Gasteiger partial charge is 0.311 e. The van der Waals surface area contributed by atoms with Crippen molar-refractivity contribution in [3.63, 3.8) is 0 Å². The van der Waals surface area contributed by atoms with Gasteiger partial charge < -0.3 is 5.32 Å². The van der Waals surface area contributed by atoms with Crippen molar-refractivity contribution in [1.29, 1.82) is 0 Å². The molecule has 2 rings (SSSR count). The Morgan fingerprint density at radius 2 is 2.29 bits per heavy atom. The van der Waals surface area contributed by atoms with Gasteiger partial charge in [0.15, 0.2) is 0 Å². The quantitative estimate of drug-likeness (QED) is 0.915. The second kappa shape index (κ2) is 6.32. The Morgan fingerprint density at radius 3 is 2.88 bits per heavy atom. The third kappa shape index (κ3) is 3.31. The van der Waals surface area contributed by atoms with Gasteiger partial charge in [0, 0.05) is 41.1 Å². The van der Waals surface area contributed by atoms with E-state index in [0.717, 1.165) is 13.1 Å². The molecule has 17 heavy (non-hydrogen) atoms. The molecule has 0 saturated carbocycles. The van der Waals surface area contributed by atoms with E-state index in [-0.39, 0.29) is 0 Å². The van der Waals surface area contributed by atoms with Gasteiger partial charge in [-0.25, -0.2) is 0 Å². The third-order valence-electron chi connectivity index (χ3n) is 3.62. The minimum atomic E-state index is 0.663. The minimum Gasteiger partial charge on any atom is -0.311 e. The van der Waals surface area contributed by atoms with Crippen LogP contribution in [0.15, 0.2) is 15.9 Å². The zero-order valence-electron chi connectivity index (χ0n) is 10.6. The highest BCUT2D eigenvalue weighted by atomic mass is 79.9. The second-order valence-corrected chi connectivity index (χ2v) is 6.55. The predicted octanol–water partition coefficient (Wildman–Crippen LogP) is 3.47. The molecule has 1 aliphatic rings. The molecule has 0 radical (unpaired) electrons. The van der Waals surface area contributed by atoms with E-state index in [0.29, 0.717) is 12.1 Å². The summed E-state index contributed by atoms with van der Waals surface area (Å²) in [4.78, 5) is 4.10. The predicted molar refractivity (Wildman–Crippen MR) is 78.6 cm³/mol. The van der Waals surface area contributed by atoms with Crippen LogP contribution < -0.4 is 5.32 Å². The highest BCUT2D eigenvalue weighted by molar-refractivity contribution is 9.10. The lowest BCUT2D eigenvalue weighted by Crippen LogP contribution is -2.55. The van der Waals surface area contributed by atoms with Gasteiger partial charge in [-0.2, -0.15) is 0 Å². The van der Waals surface area contributed by atoms with E-state index in [1.165, 1.54) is 28.7 Å². The fourth-order valence-electron chi connectivity index (χ4n) is 2.42. The topological polar surface area (TPSA) is 15.3 Å². The van der Waals surface area contributed by atoms with Crippen LogP contribution >= 0.6 is 27.3 Å². The number of nitrogens with one attached hydrogen (secondary N) is 1. The SMILES string of the molecule is CCC1CN(Cc2sccc2Br)C(CC)CN1. The summed E-state index contributed by atoms with van der Waals surface area (Å²) in [5, 5.41) is 5.81. The van der Waals surface area contributed by atoms with Crippen LogP contribution in [0.1, 0.15) is 31.6 Å². The lowest BCUT2D eigenvalue weighted by Gasteiger charge is -2.39. The molecule has 1 aliphatic heterocycles. The molecule has 1 N–H and O–H groups in total. The third-order valence-corrected chi connectivity index (χ3v) is 5.53. The van der Waals surface area contributed by atoms with E-state index in [9.17, 15) is 0 Å². The van der Waals surface area contributed by atoms with Gasteiger partial charge in [0.05, 0.1) is 0 Å². The zero-order chi connectivity index (χ0) is 12.3. The zero-order valence-corrected chi connectivity index (χ0v) is 13.0. The molecular formula is C13H21BrN2S. The molecule has 0 amide bonds. The van der Waals surface area contributed by atoms with E-state index in [1.807, 2.05) is 11.3 Å². The fourth-order valence-corrected chi connectivity index (χ4v) is 3.92. The highest BCUT2D eigenvalue weighted by Crippen LogP contribution is 2.26. The molecule has 0 aromatic carbocycles. The van der Waals surface area contributed by atoms with Crippen LogP contribution in [0.25, 0.3) is 0 Å². The number of hydrogen-bond donors (Lipinski definition) is 1. The second-order valence-electron chi connectivity index (χ2n) is 4.70. The van der Waals surface area contributed by atoms with Crippen LogP contribution in [0.5, 0.6) is 0 Å². The van der Waals surface area contributed by atoms with Crippen LogP contribution in [0.4, 0.5) is 0 Å². The van der Waals surface area contributed by atoms with Crippen molar-refractivity contribution in [2.24, 2.45) is 0 Å². The normalized spacial score (nSPS) is 26.3. The Labute approximate surface area is 117 Å². The monoisotopic (exact) mass is 316 g/mol. The molecule has 2 atom stereocenters. The summed E-state index contributed by atoms with van der Waals surface area (Å²) >= 11 is 5.49. The van der Waals surface area contributed by atoms with Gasteiger partial charge in [-0.15, -0.1) is 11.3 Å². The molecule has 1 aromatic heterocycles. The summed E-state index contributed by atoms with van der Waals surface area (Å²) < 4.78 is 1.27. The Balaban J connectivity index is 2.03. The first kappa shape index (κ1) is 13.5. The molecule has 1 aromatic rings. The fraction of sp³-hybridized carbons (Fsp3) is 0.692. The van der Waals surface area contributed by atoms with Crippen LogP contribution in [0, 0.1) is 0 Å². The highest BCUT2D eigenvalue weighted by Gasteiger charge is 2.26. The smallest absolute Gasteiger partial charge is 0.0343 e. The summed E-state index contributed by atoms with van der Waals surface area (Å²) in [6.07, 6.45) is 2.45. The molecule has 4 heteroatoms. The van der Waals surface area contributed by atoms with Crippen LogP contribution in [0.2, 0.25) is 0 Å². The molecule has 1 fully saturated rings. The molecule has 1 saturated heterocycles. The summed E-state index contributed by atoms with van der Waals surface area (Å²) in [7, 11) is 0. The first-order valence-corrected chi connectivity index (χ1v) is 8.11. The molecule has 2 unspecified atom stereocenters. The molecule has 96 valence electrons. The first-order chi connectivity index (χ1) is 8.24. The van der Waals surface area contributed by atoms with Crippen molar-refractivity contribution in [2.45, 2.75) is 45.3 Å². The maximum atomic E-state index is 3.64. The van der Waals surface area contributed by atoms with Crippen molar-refractivity contribution in [1.82, 2.24) is 10.2 Å². The number of rotatable bonds is 4. The minimum absolute atomic E-state index is 0.663. The Morgan fingerprint density at radius 1 is 1.47 bits per heavy atom. The number of thiophene rings is 1. The summed E-state index contributed by atoms with van der Waals surface area (Å²) in [6.45, 7) is 7.96. The summed E-state index contributed by atoms with van der Waals surface area (Å²) in [5.74, 6) is 0. The molecular weight excluding hydrogens is 296 g/mol. The van der Waals surface area contributed by atoms with Gasteiger partial charge in [-0.3, -0.25) is 4.90 Å².